The summed E-state index contributed by atoms with van der Waals surface area (Å²) in [4.78, 5) is 10.5. The molecule has 3 aromatic rings. The number of aryl methyl sites for hydroxylation is 2. The number of nitrogens with zero attached hydrogens (tertiary/aromatic N) is 4. The number of hydrogen-bond donors (Lipinski definition) is 0. The first kappa shape index (κ1) is 17.6. The van der Waals surface area contributed by atoms with Crippen LogP contribution < -0.4 is 4.74 Å². The van der Waals surface area contributed by atoms with E-state index in [4.69, 9.17) is 14.5 Å². The molecule has 2 aromatic heterocycles. The monoisotopic (exact) mass is 358 g/mol. The van der Waals surface area contributed by atoms with E-state index in [-0.39, 0.29) is 0 Å². The predicted octanol–water partition coefficient (Wildman–Crippen LogP) is 3.13. The molecule has 0 fully saturated rings. The number of thiazole rings is 1. The summed E-state index contributed by atoms with van der Waals surface area (Å²) in [6, 6.07) is 7.83. The lowest BCUT2D eigenvalue weighted by molar-refractivity contribution is 0.200. The fourth-order valence-corrected chi connectivity index (χ4v) is 3.55. The van der Waals surface area contributed by atoms with Crippen LogP contribution in [0.3, 0.4) is 0 Å². The van der Waals surface area contributed by atoms with Gasteiger partial charge in [0.2, 0.25) is 0 Å². The van der Waals surface area contributed by atoms with E-state index in [1.54, 1.807) is 25.6 Å². The van der Waals surface area contributed by atoms with E-state index < -0.39 is 0 Å². The highest BCUT2D eigenvalue weighted by atomic mass is 32.1. The van der Waals surface area contributed by atoms with Crippen LogP contribution in [0.5, 0.6) is 5.75 Å². The Bertz CT molecular complexity index is 839. The third-order valence-electron chi connectivity index (χ3n) is 3.88. The zero-order valence-corrected chi connectivity index (χ0v) is 15.8. The van der Waals surface area contributed by atoms with Crippen LogP contribution in [0.4, 0.5) is 0 Å². The average molecular weight is 358 g/mol. The summed E-state index contributed by atoms with van der Waals surface area (Å²) in [5.41, 5.74) is 2.02. The van der Waals surface area contributed by atoms with Crippen molar-refractivity contribution in [3.05, 3.63) is 51.5 Å². The van der Waals surface area contributed by atoms with E-state index in [0.29, 0.717) is 19.4 Å². The number of methoxy groups -OCH3 is 2. The lowest BCUT2D eigenvalue weighted by Gasteiger charge is -2.06. The second kappa shape index (κ2) is 7.76. The molecule has 25 heavy (non-hydrogen) atoms. The molecule has 0 N–H and O–H groups in total. The molecule has 0 aliphatic rings. The summed E-state index contributed by atoms with van der Waals surface area (Å²) in [7, 11) is 3.35. The first-order valence-electron chi connectivity index (χ1n) is 8.11. The Morgan fingerprint density at radius 1 is 1.08 bits per heavy atom. The number of aromatic nitrogens is 4. The second-order valence-electron chi connectivity index (χ2n) is 5.72. The molecular formula is C18H22N4O2S. The average Bonchev–Trinajstić information content (AvgIpc) is 3.16. The van der Waals surface area contributed by atoms with Crippen molar-refractivity contribution in [2.75, 3.05) is 20.8 Å². The van der Waals surface area contributed by atoms with Gasteiger partial charge in [0.1, 0.15) is 11.6 Å². The van der Waals surface area contributed by atoms with Crippen molar-refractivity contribution < 1.29 is 9.47 Å². The molecule has 132 valence electrons. The molecular weight excluding hydrogens is 336 g/mol. The maximum absolute atomic E-state index is 5.24. The minimum absolute atomic E-state index is 0.602. The third-order valence-corrected chi connectivity index (χ3v) is 4.96. The maximum atomic E-state index is 5.24. The van der Waals surface area contributed by atoms with Crippen molar-refractivity contribution in [2.24, 2.45) is 0 Å². The van der Waals surface area contributed by atoms with E-state index in [1.165, 1.54) is 4.88 Å². The van der Waals surface area contributed by atoms with Gasteiger partial charge in [0.15, 0.2) is 5.82 Å². The fourth-order valence-electron chi connectivity index (χ4n) is 2.62. The molecule has 7 heteroatoms. The van der Waals surface area contributed by atoms with Crippen molar-refractivity contribution in [1.29, 1.82) is 0 Å². The third kappa shape index (κ3) is 4.05. The minimum atomic E-state index is 0.602. The van der Waals surface area contributed by atoms with Gasteiger partial charge in [-0.25, -0.2) is 14.6 Å². The predicted molar refractivity (Wildman–Crippen MR) is 97.9 cm³/mol. The SMILES string of the molecule is COCCc1nc(Cc2sc(C)nc2C)n(-c2ccc(OC)cc2)n1. The van der Waals surface area contributed by atoms with Crippen LogP contribution in [0.2, 0.25) is 0 Å². The normalized spacial score (nSPS) is 11.0. The number of ether oxygens (including phenoxy) is 2. The highest BCUT2D eigenvalue weighted by Gasteiger charge is 2.15. The van der Waals surface area contributed by atoms with Crippen LogP contribution in [0.25, 0.3) is 5.69 Å². The molecule has 0 unspecified atom stereocenters. The van der Waals surface area contributed by atoms with Crippen LogP contribution in [0, 0.1) is 13.8 Å². The Morgan fingerprint density at radius 2 is 1.84 bits per heavy atom. The van der Waals surface area contributed by atoms with Crippen LogP contribution in [0.1, 0.15) is 27.2 Å². The van der Waals surface area contributed by atoms with Gasteiger partial charge < -0.3 is 9.47 Å². The summed E-state index contributed by atoms with van der Waals surface area (Å²) in [6.45, 7) is 4.67. The second-order valence-corrected chi connectivity index (χ2v) is 7.00. The standard InChI is InChI=1S/C18H22N4O2S/c1-12-16(25-13(2)19-12)11-18-20-17(9-10-23-3)21-22(18)14-5-7-15(24-4)8-6-14/h5-8H,9-11H2,1-4H3. The van der Waals surface area contributed by atoms with Gasteiger partial charge in [-0.15, -0.1) is 11.3 Å². The first-order valence-corrected chi connectivity index (χ1v) is 8.93. The van der Waals surface area contributed by atoms with Gasteiger partial charge in [-0.1, -0.05) is 0 Å². The molecule has 0 aliphatic carbocycles. The van der Waals surface area contributed by atoms with Crippen molar-refractivity contribution in [1.82, 2.24) is 19.7 Å². The van der Waals surface area contributed by atoms with Crippen molar-refractivity contribution in [3.63, 3.8) is 0 Å². The van der Waals surface area contributed by atoms with Gasteiger partial charge in [-0.3, -0.25) is 0 Å². The molecule has 0 amide bonds. The Morgan fingerprint density at radius 3 is 2.44 bits per heavy atom. The Labute approximate surface area is 151 Å². The zero-order chi connectivity index (χ0) is 17.8. The van der Waals surface area contributed by atoms with Gasteiger partial charge in [0.25, 0.3) is 0 Å². The van der Waals surface area contributed by atoms with Gasteiger partial charge in [0, 0.05) is 24.8 Å². The van der Waals surface area contributed by atoms with Crippen LogP contribution >= 0.6 is 11.3 Å². The zero-order valence-electron chi connectivity index (χ0n) is 14.9. The van der Waals surface area contributed by atoms with Crippen molar-refractivity contribution >= 4 is 11.3 Å². The smallest absolute Gasteiger partial charge is 0.153 e. The van der Waals surface area contributed by atoms with Crippen LogP contribution in [-0.2, 0) is 17.6 Å². The van der Waals surface area contributed by atoms with E-state index >= 15 is 0 Å². The van der Waals surface area contributed by atoms with Crippen LogP contribution in [0.15, 0.2) is 24.3 Å². The highest BCUT2D eigenvalue weighted by Crippen LogP contribution is 2.22. The largest absolute Gasteiger partial charge is 0.497 e. The molecule has 0 radical (unpaired) electrons. The van der Waals surface area contributed by atoms with Crippen molar-refractivity contribution in [2.45, 2.75) is 26.7 Å². The highest BCUT2D eigenvalue weighted by molar-refractivity contribution is 7.11. The first-order chi connectivity index (χ1) is 12.1. The quantitative estimate of drug-likeness (QED) is 0.649. The summed E-state index contributed by atoms with van der Waals surface area (Å²) in [5.74, 6) is 2.51. The molecule has 0 spiro atoms. The summed E-state index contributed by atoms with van der Waals surface area (Å²) in [5, 5.41) is 5.75. The van der Waals surface area contributed by atoms with Crippen molar-refractivity contribution in [3.8, 4) is 11.4 Å². The Kier molecular flexibility index (Phi) is 5.45. The summed E-state index contributed by atoms with van der Waals surface area (Å²) < 4.78 is 12.3. The van der Waals surface area contributed by atoms with Gasteiger partial charge in [-0.05, 0) is 38.1 Å². The molecule has 3 rings (SSSR count). The molecule has 1 aromatic carbocycles. The summed E-state index contributed by atoms with van der Waals surface area (Å²) in [6.07, 6.45) is 1.40. The van der Waals surface area contributed by atoms with E-state index in [1.807, 2.05) is 42.8 Å². The lowest BCUT2D eigenvalue weighted by Crippen LogP contribution is -2.04. The fraction of sp³-hybridized carbons (Fsp3) is 0.389. The lowest BCUT2D eigenvalue weighted by atomic mass is 10.2. The van der Waals surface area contributed by atoms with Crippen LogP contribution in [-0.4, -0.2) is 40.6 Å². The summed E-state index contributed by atoms with van der Waals surface area (Å²) >= 11 is 1.71. The van der Waals surface area contributed by atoms with E-state index in [2.05, 4.69) is 10.1 Å². The van der Waals surface area contributed by atoms with E-state index in [0.717, 1.165) is 33.8 Å². The molecule has 0 saturated heterocycles. The minimum Gasteiger partial charge on any atom is -0.497 e. The maximum Gasteiger partial charge on any atom is 0.153 e. The van der Waals surface area contributed by atoms with Gasteiger partial charge >= 0.3 is 0 Å². The molecule has 6 nitrogen and oxygen atoms in total. The Hall–Kier alpha value is -2.25. The number of benzene rings is 1. The van der Waals surface area contributed by atoms with Gasteiger partial charge in [-0.2, -0.15) is 5.10 Å². The molecule has 0 bridgehead atoms. The molecule has 0 saturated carbocycles. The molecule has 0 atom stereocenters. The molecule has 0 aliphatic heterocycles. The number of rotatable bonds is 7. The topological polar surface area (TPSA) is 62.1 Å². The van der Waals surface area contributed by atoms with Gasteiger partial charge in [0.05, 0.1) is 30.1 Å². The van der Waals surface area contributed by atoms with E-state index in [9.17, 15) is 0 Å². The Balaban J connectivity index is 1.96. The molecule has 2 heterocycles. The number of hydrogen-bond acceptors (Lipinski definition) is 6.